The summed E-state index contributed by atoms with van der Waals surface area (Å²) in [4.78, 5) is 30.9. The maximum atomic E-state index is 13.3. The second kappa shape index (κ2) is 10.0. The third kappa shape index (κ3) is 4.99. The summed E-state index contributed by atoms with van der Waals surface area (Å²) in [5.41, 5.74) is 2.68. The normalized spacial score (nSPS) is 14.4. The van der Waals surface area contributed by atoms with Crippen LogP contribution in [0.25, 0.3) is 10.9 Å². The van der Waals surface area contributed by atoms with Gasteiger partial charge in [0.25, 0.3) is 5.91 Å². The number of hydrogen-bond donors (Lipinski definition) is 0. The molecule has 0 radical (unpaired) electrons. The Kier molecular flexibility index (Phi) is 6.66. The standard InChI is InChI=1S/C28H25ClFN3O2/c29-21-4-3-5-23(18-21)32-16-14-31(15-17-32)13-12-27(34)25-19-33(26-7-2-1-6-24(25)26)28(35)20-8-10-22(30)11-9-20/h1-11,18-19H,12-17H2. The van der Waals surface area contributed by atoms with E-state index in [0.717, 1.165) is 42.3 Å². The van der Waals surface area contributed by atoms with Crippen LogP contribution in [0.15, 0.2) is 79.0 Å². The molecule has 0 bridgehead atoms. The Hall–Kier alpha value is -3.48. The van der Waals surface area contributed by atoms with Gasteiger partial charge in [-0.2, -0.15) is 0 Å². The SMILES string of the molecule is O=C(CCN1CCN(c2cccc(Cl)c2)CC1)c1cn(C(=O)c2ccc(F)cc2)c2ccccc12. The quantitative estimate of drug-likeness (QED) is 0.335. The Morgan fingerprint density at radius 2 is 1.63 bits per heavy atom. The average molecular weight is 490 g/mol. The lowest BCUT2D eigenvalue weighted by atomic mass is 10.1. The number of aromatic nitrogens is 1. The number of para-hydroxylation sites is 1. The van der Waals surface area contributed by atoms with Gasteiger partial charge in [0.1, 0.15) is 5.82 Å². The molecular weight excluding hydrogens is 465 g/mol. The van der Waals surface area contributed by atoms with E-state index in [-0.39, 0.29) is 11.7 Å². The molecule has 5 nitrogen and oxygen atoms in total. The van der Waals surface area contributed by atoms with Crippen LogP contribution in [-0.2, 0) is 0 Å². The van der Waals surface area contributed by atoms with Crippen molar-refractivity contribution in [2.75, 3.05) is 37.6 Å². The number of hydrogen-bond acceptors (Lipinski definition) is 4. The maximum Gasteiger partial charge on any atom is 0.262 e. The van der Waals surface area contributed by atoms with Crippen LogP contribution in [0.1, 0.15) is 27.1 Å². The van der Waals surface area contributed by atoms with Crippen molar-refractivity contribution in [1.82, 2.24) is 9.47 Å². The van der Waals surface area contributed by atoms with Gasteiger partial charge in [-0.25, -0.2) is 4.39 Å². The predicted octanol–water partition coefficient (Wildman–Crippen LogP) is 5.52. The molecule has 0 spiro atoms. The number of halogens is 2. The molecule has 5 rings (SSSR count). The van der Waals surface area contributed by atoms with E-state index in [0.29, 0.717) is 29.6 Å². The number of rotatable bonds is 6. The van der Waals surface area contributed by atoms with Crippen LogP contribution >= 0.6 is 11.6 Å². The summed E-state index contributed by atoms with van der Waals surface area (Å²) in [6.07, 6.45) is 1.99. The number of carbonyl (C=O) groups excluding carboxylic acids is 2. The highest BCUT2D eigenvalue weighted by atomic mass is 35.5. The Morgan fingerprint density at radius 3 is 2.37 bits per heavy atom. The van der Waals surface area contributed by atoms with Crippen molar-refractivity contribution in [1.29, 1.82) is 0 Å². The number of Topliss-reactive ketones (excluding diaryl/α,β-unsaturated/α-hetero) is 1. The first kappa shape index (κ1) is 23.3. The molecule has 0 atom stereocenters. The molecule has 0 saturated carbocycles. The fourth-order valence-corrected chi connectivity index (χ4v) is 4.78. The van der Waals surface area contributed by atoms with Crippen molar-refractivity contribution in [2.45, 2.75) is 6.42 Å². The minimum atomic E-state index is -0.400. The fraction of sp³-hybridized carbons (Fsp3) is 0.214. The second-order valence-corrected chi connectivity index (χ2v) is 9.16. The summed E-state index contributed by atoms with van der Waals surface area (Å²) in [6, 6.07) is 20.7. The van der Waals surface area contributed by atoms with Gasteiger partial charge in [-0.15, -0.1) is 0 Å². The molecule has 3 aromatic carbocycles. The van der Waals surface area contributed by atoms with Gasteiger partial charge in [-0.05, 0) is 48.5 Å². The lowest BCUT2D eigenvalue weighted by molar-refractivity contribution is 0.0963. The van der Waals surface area contributed by atoms with Crippen LogP contribution in [0, 0.1) is 5.82 Å². The summed E-state index contributed by atoms with van der Waals surface area (Å²) < 4.78 is 14.8. The molecule has 0 N–H and O–H groups in total. The molecule has 1 aliphatic rings. The van der Waals surface area contributed by atoms with E-state index < -0.39 is 5.82 Å². The Labute approximate surface area is 208 Å². The first-order chi connectivity index (χ1) is 17.0. The van der Waals surface area contributed by atoms with Gasteiger partial charge < -0.3 is 4.90 Å². The molecule has 1 saturated heterocycles. The minimum Gasteiger partial charge on any atom is -0.369 e. The minimum absolute atomic E-state index is 0.00382. The molecular formula is C28H25ClFN3O2. The Morgan fingerprint density at radius 1 is 0.886 bits per heavy atom. The van der Waals surface area contributed by atoms with E-state index in [1.807, 2.05) is 42.5 Å². The summed E-state index contributed by atoms with van der Waals surface area (Å²) in [5, 5.41) is 1.48. The maximum absolute atomic E-state index is 13.3. The van der Waals surface area contributed by atoms with Crippen LogP contribution in [0.4, 0.5) is 10.1 Å². The van der Waals surface area contributed by atoms with Crippen LogP contribution in [0.5, 0.6) is 0 Å². The van der Waals surface area contributed by atoms with Crippen molar-refractivity contribution in [3.05, 3.63) is 101 Å². The van der Waals surface area contributed by atoms with Crippen molar-refractivity contribution < 1.29 is 14.0 Å². The van der Waals surface area contributed by atoms with E-state index in [9.17, 15) is 14.0 Å². The monoisotopic (exact) mass is 489 g/mol. The molecule has 0 unspecified atom stereocenters. The van der Waals surface area contributed by atoms with Gasteiger partial charge >= 0.3 is 0 Å². The van der Waals surface area contributed by atoms with E-state index in [4.69, 9.17) is 11.6 Å². The van der Waals surface area contributed by atoms with Gasteiger partial charge in [-0.1, -0.05) is 35.9 Å². The smallest absolute Gasteiger partial charge is 0.262 e. The first-order valence-electron chi connectivity index (χ1n) is 11.7. The van der Waals surface area contributed by atoms with Crippen LogP contribution < -0.4 is 4.90 Å². The van der Waals surface area contributed by atoms with Gasteiger partial charge in [0, 0.05) is 72.6 Å². The van der Waals surface area contributed by atoms with Gasteiger partial charge in [0.15, 0.2) is 5.78 Å². The summed E-state index contributed by atoms with van der Waals surface area (Å²) in [5.74, 6) is -0.690. The van der Waals surface area contributed by atoms with Gasteiger partial charge in [-0.3, -0.25) is 19.1 Å². The predicted molar refractivity (Wildman–Crippen MR) is 137 cm³/mol. The summed E-state index contributed by atoms with van der Waals surface area (Å²) in [6.45, 7) is 4.14. The van der Waals surface area contributed by atoms with E-state index in [1.165, 1.54) is 28.8 Å². The Bertz CT molecular complexity index is 1370. The van der Waals surface area contributed by atoms with Crippen LogP contribution in [0.3, 0.4) is 0 Å². The van der Waals surface area contributed by atoms with Crippen molar-refractivity contribution in [3.63, 3.8) is 0 Å². The van der Waals surface area contributed by atoms with Crippen molar-refractivity contribution >= 4 is 39.9 Å². The van der Waals surface area contributed by atoms with E-state index >= 15 is 0 Å². The molecule has 7 heteroatoms. The largest absolute Gasteiger partial charge is 0.369 e. The molecule has 4 aromatic rings. The van der Waals surface area contributed by atoms with Gasteiger partial charge in [0.05, 0.1) is 5.52 Å². The topological polar surface area (TPSA) is 45.6 Å². The highest BCUT2D eigenvalue weighted by molar-refractivity contribution is 6.30. The van der Waals surface area contributed by atoms with Crippen LogP contribution in [-0.4, -0.2) is 53.9 Å². The molecule has 0 amide bonds. The molecule has 35 heavy (non-hydrogen) atoms. The molecule has 1 aliphatic heterocycles. The highest BCUT2D eigenvalue weighted by Gasteiger charge is 2.22. The molecule has 2 heterocycles. The summed E-state index contributed by atoms with van der Waals surface area (Å²) >= 11 is 6.13. The van der Waals surface area contributed by atoms with Crippen molar-refractivity contribution in [3.8, 4) is 0 Å². The number of fused-ring (bicyclic) bond motifs is 1. The lowest BCUT2D eigenvalue weighted by Gasteiger charge is -2.36. The van der Waals surface area contributed by atoms with Crippen LogP contribution in [0.2, 0.25) is 5.02 Å². The summed E-state index contributed by atoms with van der Waals surface area (Å²) in [7, 11) is 0. The number of carbonyl (C=O) groups is 2. The van der Waals surface area contributed by atoms with Gasteiger partial charge in [0.2, 0.25) is 0 Å². The molecule has 1 aromatic heterocycles. The molecule has 0 aliphatic carbocycles. The third-order valence-corrected chi connectivity index (χ3v) is 6.76. The number of piperazine rings is 1. The number of ketones is 1. The Balaban J connectivity index is 1.27. The zero-order valence-corrected chi connectivity index (χ0v) is 19.9. The van der Waals surface area contributed by atoms with Crippen molar-refractivity contribution in [2.24, 2.45) is 0 Å². The third-order valence-electron chi connectivity index (χ3n) is 6.52. The first-order valence-corrected chi connectivity index (χ1v) is 12.0. The molecule has 178 valence electrons. The number of nitrogens with zero attached hydrogens (tertiary/aromatic N) is 3. The lowest BCUT2D eigenvalue weighted by Crippen LogP contribution is -2.46. The molecule has 1 fully saturated rings. The van der Waals surface area contributed by atoms with E-state index in [2.05, 4.69) is 15.9 Å². The average Bonchev–Trinajstić information content (AvgIpc) is 3.27. The second-order valence-electron chi connectivity index (χ2n) is 8.72. The number of benzene rings is 3. The number of anilines is 1. The zero-order chi connectivity index (χ0) is 24.4. The highest BCUT2D eigenvalue weighted by Crippen LogP contribution is 2.25. The fourth-order valence-electron chi connectivity index (χ4n) is 4.60. The van der Waals surface area contributed by atoms with E-state index in [1.54, 1.807) is 6.20 Å². The zero-order valence-electron chi connectivity index (χ0n) is 19.2.